The van der Waals surface area contributed by atoms with Crippen LogP contribution < -0.4 is 14.4 Å². The van der Waals surface area contributed by atoms with Gasteiger partial charge in [0.25, 0.3) is 0 Å². The molecule has 1 amide bonds. The largest absolute Gasteiger partial charge is 0.454 e. The third-order valence-corrected chi connectivity index (χ3v) is 6.24. The molecule has 0 unspecified atom stereocenters. The molecule has 2 aromatic carbocycles. The molecule has 158 valence electrons. The Morgan fingerprint density at radius 2 is 1.90 bits per heavy atom. The zero-order chi connectivity index (χ0) is 21.1. The highest BCUT2D eigenvalue weighted by atomic mass is 32.1. The monoisotopic (exact) mass is 429 g/mol. The predicted molar refractivity (Wildman–Crippen MR) is 116 cm³/mol. The number of benzene rings is 2. The van der Waals surface area contributed by atoms with E-state index in [9.17, 15) is 9.18 Å². The van der Waals surface area contributed by atoms with Gasteiger partial charge in [-0.3, -0.25) is 9.69 Å². The van der Waals surface area contributed by atoms with E-state index >= 15 is 0 Å². The molecule has 6 nitrogen and oxygen atoms in total. The molecule has 0 bridgehead atoms. The normalized spacial score (nSPS) is 12.7. The molecule has 2 heterocycles. The van der Waals surface area contributed by atoms with Crippen LogP contribution in [-0.4, -0.2) is 48.8 Å². The molecule has 0 atom stereocenters. The molecule has 30 heavy (non-hydrogen) atoms. The maximum Gasteiger partial charge on any atom is 0.233 e. The number of nitrogens with zero attached hydrogens (tertiary/aromatic N) is 3. The van der Waals surface area contributed by atoms with Crippen molar-refractivity contribution < 1.29 is 18.7 Å². The van der Waals surface area contributed by atoms with Gasteiger partial charge in [-0.25, -0.2) is 9.37 Å². The number of amides is 1. The average Bonchev–Trinajstić information content (AvgIpc) is 3.37. The Bertz CT molecular complexity index is 1050. The van der Waals surface area contributed by atoms with E-state index in [1.165, 1.54) is 23.5 Å². The molecular weight excluding hydrogens is 405 g/mol. The number of halogens is 1. The van der Waals surface area contributed by atoms with E-state index in [2.05, 4.69) is 23.7 Å². The summed E-state index contributed by atoms with van der Waals surface area (Å²) in [6.45, 7) is 7.48. The smallest absolute Gasteiger partial charge is 0.233 e. The van der Waals surface area contributed by atoms with Crippen LogP contribution in [0.25, 0.3) is 10.2 Å². The van der Waals surface area contributed by atoms with Gasteiger partial charge in [0.15, 0.2) is 16.6 Å². The van der Waals surface area contributed by atoms with Crippen LogP contribution in [0.5, 0.6) is 11.5 Å². The van der Waals surface area contributed by atoms with E-state index < -0.39 is 0 Å². The number of hydrogen-bond donors (Lipinski definition) is 0. The van der Waals surface area contributed by atoms with Crippen molar-refractivity contribution in [1.29, 1.82) is 0 Å². The Balaban J connectivity index is 1.59. The number of anilines is 1. The molecule has 1 aromatic heterocycles. The van der Waals surface area contributed by atoms with Crippen LogP contribution >= 0.6 is 11.3 Å². The van der Waals surface area contributed by atoms with Gasteiger partial charge < -0.3 is 14.4 Å². The van der Waals surface area contributed by atoms with Crippen LogP contribution in [-0.2, 0) is 11.2 Å². The van der Waals surface area contributed by atoms with Gasteiger partial charge >= 0.3 is 0 Å². The number of carbonyl (C=O) groups is 1. The molecule has 4 rings (SSSR count). The summed E-state index contributed by atoms with van der Waals surface area (Å²) >= 11 is 1.34. The molecule has 3 aromatic rings. The molecule has 0 radical (unpaired) electrons. The highest BCUT2D eigenvalue weighted by Crippen LogP contribution is 2.33. The number of hydrogen-bond acceptors (Lipinski definition) is 6. The lowest BCUT2D eigenvalue weighted by Gasteiger charge is -2.24. The minimum atomic E-state index is -0.306. The second kappa shape index (κ2) is 8.97. The van der Waals surface area contributed by atoms with Crippen molar-refractivity contribution in [1.82, 2.24) is 9.88 Å². The highest BCUT2D eigenvalue weighted by molar-refractivity contribution is 7.22. The lowest BCUT2D eigenvalue weighted by atomic mass is 10.1. The van der Waals surface area contributed by atoms with Crippen molar-refractivity contribution >= 4 is 32.6 Å². The number of carbonyl (C=O) groups excluding carboxylic acids is 1. The summed E-state index contributed by atoms with van der Waals surface area (Å²) in [5.74, 6) is 0.989. The number of aromatic nitrogens is 1. The maximum atomic E-state index is 13.6. The summed E-state index contributed by atoms with van der Waals surface area (Å²) in [5.41, 5.74) is 1.55. The van der Waals surface area contributed by atoms with Crippen molar-refractivity contribution in [2.45, 2.75) is 20.3 Å². The van der Waals surface area contributed by atoms with Crippen molar-refractivity contribution in [3.05, 3.63) is 47.8 Å². The Morgan fingerprint density at radius 1 is 1.10 bits per heavy atom. The Hall–Kier alpha value is -2.71. The molecule has 0 aliphatic carbocycles. The maximum absolute atomic E-state index is 13.6. The Morgan fingerprint density at radius 3 is 2.70 bits per heavy atom. The van der Waals surface area contributed by atoms with Gasteiger partial charge in [0.05, 0.1) is 16.6 Å². The van der Waals surface area contributed by atoms with Crippen LogP contribution in [0.3, 0.4) is 0 Å². The van der Waals surface area contributed by atoms with Crippen LogP contribution in [0.2, 0.25) is 0 Å². The first-order valence-corrected chi connectivity index (χ1v) is 10.9. The van der Waals surface area contributed by atoms with Gasteiger partial charge in [-0.2, -0.15) is 0 Å². The van der Waals surface area contributed by atoms with Crippen molar-refractivity contribution in [2.24, 2.45) is 0 Å². The lowest BCUT2D eigenvalue weighted by Crippen LogP contribution is -2.39. The van der Waals surface area contributed by atoms with Crippen molar-refractivity contribution in [3.63, 3.8) is 0 Å². The number of rotatable bonds is 8. The lowest BCUT2D eigenvalue weighted by molar-refractivity contribution is -0.118. The molecule has 8 heteroatoms. The van der Waals surface area contributed by atoms with Gasteiger partial charge in [-0.05, 0) is 49.0 Å². The van der Waals surface area contributed by atoms with Gasteiger partial charge in [0.1, 0.15) is 5.82 Å². The topological polar surface area (TPSA) is 54.9 Å². The Kier molecular flexibility index (Phi) is 6.15. The predicted octanol–water partition coefficient (Wildman–Crippen LogP) is 4.08. The molecule has 0 saturated heterocycles. The third kappa shape index (κ3) is 4.39. The molecule has 1 aliphatic rings. The molecule has 0 N–H and O–H groups in total. The van der Waals surface area contributed by atoms with E-state index in [0.29, 0.717) is 28.7 Å². The van der Waals surface area contributed by atoms with Gasteiger partial charge in [0, 0.05) is 13.1 Å². The van der Waals surface area contributed by atoms with E-state index in [1.54, 1.807) is 11.0 Å². The van der Waals surface area contributed by atoms with Crippen LogP contribution in [0.4, 0.5) is 9.52 Å². The summed E-state index contributed by atoms with van der Waals surface area (Å²) in [6, 6.07) is 10.0. The van der Waals surface area contributed by atoms with E-state index in [0.717, 1.165) is 29.9 Å². The number of likely N-dealkylation sites (N-methyl/N-ethyl adjacent to an activating group) is 1. The first-order valence-electron chi connectivity index (χ1n) is 10.0. The van der Waals surface area contributed by atoms with E-state index in [-0.39, 0.29) is 24.9 Å². The Labute approximate surface area is 178 Å². The number of thiazole rings is 1. The highest BCUT2D eigenvalue weighted by Gasteiger charge is 2.22. The summed E-state index contributed by atoms with van der Waals surface area (Å²) in [7, 11) is 0. The minimum Gasteiger partial charge on any atom is -0.454 e. The number of fused-ring (bicyclic) bond motifs is 2. The first-order chi connectivity index (χ1) is 14.6. The minimum absolute atomic E-state index is 0.0550. The quantitative estimate of drug-likeness (QED) is 0.540. The van der Waals surface area contributed by atoms with Crippen LogP contribution in [0.1, 0.15) is 19.4 Å². The van der Waals surface area contributed by atoms with Gasteiger partial charge in [0.2, 0.25) is 12.7 Å². The summed E-state index contributed by atoms with van der Waals surface area (Å²) < 4.78 is 25.1. The van der Waals surface area contributed by atoms with Crippen molar-refractivity contribution in [2.75, 3.05) is 37.9 Å². The number of ether oxygens (including phenoxy) is 2. The third-order valence-electron chi connectivity index (χ3n) is 5.20. The fourth-order valence-corrected chi connectivity index (χ4v) is 4.46. The zero-order valence-corrected chi connectivity index (χ0v) is 17.9. The van der Waals surface area contributed by atoms with Crippen molar-refractivity contribution in [3.8, 4) is 11.5 Å². The van der Waals surface area contributed by atoms with E-state index in [1.807, 2.05) is 18.2 Å². The molecular formula is C22H24FN3O3S. The summed E-state index contributed by atoms with van der Waals surface area (Å²) in [6.07, 6.45) is 0.221. The second-order valence-electron chi connectivity index (χ2n) is 7.05. The van der Waals surface area contributed by atoms with Crippen LogP contribution in [0.15, 0.2) is 36.4 Å². The fourth-order valence-electron chi connectivity index (χ4n) is 3.43. The summed E-state index contributed by atoms with van der Waals surface area (Å²) in [4.78, 5) is 21.8. The first kappa shape index (κ1) is 20.6. The average molecular weight is 430 g/mol. The summed E-state index contributed by atoms with van der Waals surface area (Å²) in [5, 5.41) is 0.591. The van der Waals surface area contributed by atoms with Crippen LogP contribution in [0, 0.1) is 5.82 Å². The van der Waals surface area contributed by atoms with Gasteiger partial charge in [-0.1, -0.05) is 31.3 Å². The second-order valence-corrected chi connectivity index (χ2v) is 8.05. The zero-order valence-electron chi connectivity index (χ0n) is 17.1. The standard InChI is InChI=1S/C22H24FN3O3S/c1-3-25(4-2)9-10-26(22-24-17-7-6-16(23)13-20(17)30-22)21(27)12-15-5-8-18-19(11-15)29-14-28-18/h5-8,11,13H,3-4,9-10,12,14H2,1-2H3. The fraction of sp³-hybridized carbons (Fsp3) is 0.364. The SMILES string of the molecule is CCN(CC)CCN(C(=O)Cc1ccc2c(c1)OCO2)c1nc2ccc(F)cc2s1. The molecule has 0 saturated carbocycles. The van der Waals surface area contributed by atoms with E-state index in [4.69, 9.17) is 9.47 Å². The van der Waals surface area contributed by atoms with Gasteiger partial charge in [-0.15, -0.1) is 0 Å². The molecule has 1 aliphatic heterocycles. The molecule has 0 spiro atoms. The molecule has 0 fully saturated rings.